The van der Waals surface area contributed by atoms with Crippen molar-refractivity contribution in [3.05, 3.63) is 49.1 Å². The number of aryl methyl sites for hydroxylation is 1. The number of aromatic nitrogens is 4. The van der Waals surface area contributed by atoms with E-state index in [1.54, 1.807) is 35.3 Å². The molecule has 1 aliphatic carbocycles. The zero-order chi connectivity index (χ0) is 21.1. The fourth-order valence-electron chi connectivity index (χ4n) is 3.17. The van der Waals surface area contributed by atoms with Crippen LogP contribution in [0.3, 0.4) is 0 Å². The summed E-state index contributed by atoms with van der Waals surface area (Å²) in [5, 5.41) is 9.08. The summed E-state index contributed by atoms with van der Waals surface area (Å²) in [7, 11) is 1.84. The van der Waals surface area contributed by atoms with Gasteiger partial charge in [0.1, 0.15) is 17.3 Å². The van der Waals surface area contributed by atoms with Crippen molar-refractivity contribution in [2.24, 2.45) is 12.5 Å². The first kappa shape index (κ1) is 19.6. The smallest absolute Gasteiger partial charge is 0.327 e. The first-order valence-electron chi connectivity index (χ1n) is 9.63. The summed E-state index contributed by atoms with van der Waals surface area (Å²) in [4.78, 5) is 32.6. The maximum Gasteiger partial charge on any atom is 0.327 e. The normalized spacial score (nSPS) is 14.5. The van der Waals surface area contributed by atoms with E-state index in [4.69, 9.17) is 4.74 Å². The molecule has 0 saturated heterocycles. The molecule has 0 bridgehead atoms. The standard InChI is InChI=1S/C21H22N6O3/c1-21(7-3-8-21)19(28)26-20(29)25-18-5-4-16(12-23-18)30-15-6-9-22-17(10-15)14-11-24-27(2)13-14/h4-6,9-13H,3,7-8H2,1-2H3,(H2,23,25,26,28,29). The minimum Gasteiger partial charge on any atom is -0.456 e. The van der Waals surface area contributed by atoms with Gasteiger partial charge in [-0.15, -0.1) is 0 Å². The number of nitrogens with zero attached hydrogens (tertiary/aromatic N) is 4. The van der Waals surface area contributed by atoms with Crippen molar-refractivity contribution in [3.63, 3.8) is 0 Å². The molecule has 0 aliphatic heterocycles. The van der Waals surface area contributed by atoms with Gasteiger partial charge in [0.05, 0.1) is 18.1 Å². The lowest BCUT2D eigenvalue weighted by molar-refractivity contribution is -0.133. The topological polar surface area (TPSA) is 111 Å². The Balaban J connectivity index is 1.36. The van der Waals surface area contributed by atoms with Crippen molar-refractivity contribution in [3.8, 4) is 22.8 Å². The summed E-state index contributed by atoms with van der Waals surface area (Å²) in [5.74, 6) is 1.16. The minimum absolute atomic E-state index is 0.256. The van der Waals surface area contributed by atoms with Crippen LogP contribution in [0.5, 0.6) is 11.5 Å². The van der Waals surface area contributed by atoms with Crippen LogP contribution in [0.2, 0.25) is 0 Å². The zero-order valence-corrected chi connectivity index (χ0v) is 16.8. The molecule has 3 aromatic rings. The Morgan fingerprint density at radius 3 is 2.60 bits per heavy atom. The molecule has 3 heterocycles. The third kappa shape index (κ3) is 4.29. The number of pyridine rings is 2. The number of carbonyl (C=O) groups is 2. The zero-order valence-electron chi connectivity index (χ0n) is 16.8. The molecule has 2 N–H and O–H groups in total. The van der Waals surface area contributed by atoms with Crippen LogP contribution in [0.25, 0.3) is 11.3 Å². The summed E-state index contributed by atoms with van der Waals surface area (Å²) >= 11 is 0. The average molecular weight is 406 g/mol. The third-order valence-electron chi connectivity index (χ3n) is 5.18. The first-order valence-corrected chi connectivity index (χ1v) is 9.63. The van der Waals surface area contributed by atoms with E-state index < -0.39 is 11.4 Å². The van der Waals surface area contributed by atoms with Gasteiger partial charge in [-0.05, 0) is 31.0 Å². The van der Waals surface area contributed by atoms with Crippen LogP contribution in [0.15, 0.2) is 49.1 Å². The van der Waals surface area contributed by atoms with Gasteiger partial charge in [-0.25, -0.2) is 9.78 Å². The summed E-state index contributed by atoms with van der Waals surface area (Å²) in [5.41, 5.74) is 1.19. The molecule has 3 amide bonds. The van der Waals surface area contributed by atoms with E-state index in [2.05, 4.69) is 25.7 Å². The summed E-state index contributed by atoms with van der Waals surface area (Å²) in [6.45, 7) is 1.86. The molecular weight excluding hydrogens is 384 g/mol. The van der Waals surface area contributed by atoms with Crippen LogP contribution in [0.1, 0.15) is 26.2 Å². The van der Waals surface area contributed by atoms with Crippen molar-refractivity contribution >= 4 is 17.8 Å². The Morgan fingerprint density at radius 1 is 1.13 bits per heavy atom. The van der Waals surface area contributed by atoms with Gasteiger partial charge in [-0.2, -0.15) is 5.10 Å². The van der Waals surface area contributed by atoms with Crippen molar-refractivity contribution in [2.75, 3.05) is 5.32 Å². The average Bonchev–Trinajstić information content (AvgIpc) is 3.14. The molecule has 30 heavy (non-hydrogen) atoms. The van der Waals surface area contributed by atoms with Gasteiger partial charge in [0.15, 0.2) is 0 Å². The fourth-order valence-corrected chi connectivity index (χ4v) is 3.17. The second-order valence-electron chi connectivity index (χ2n) is 7.58. The van der Waals surface area contributed by atoms with E-state index in [1.165, 1.54) is 6.20 Å². The number of rotatable bonds is 5. The lowest BCUT2D eigenvalue weighted by Crippen LogP contribution is -2.47. The largest absolute Gasteiger partial charge is 0.456 e. The second kappa shape index (κ2) is 7.94. The van der Waals surface area contributed by atoms with Crippen LogP contribution < -0.4 is 15.4 Å². The molecule has 0 spiro atoms. The number of imide groups is 1. The van der Waals surface area contributed by atoms with Crippen LogP contribution in [-0.4, -0.2) is 31.7 Å². The molecule has 4 rings (SSSR count). The molecule has 9 heteroatoms. The highest BCUT2D eigenvalue weighted by Crippen LogP contribution is 2.40. The van der Waals surface area contributed by atoms with E-state index >= 15 is 0 Å². The Labute approximate surface area is 173 Å². The van der Waals surface area contributed by atoms with Crippen LogP contribution in [0.4, 0.5) is 10.6 Å². The molecule has 1 aliphatic rings. The molecule has 0 aromatic carbocycles. The lowest BCUT2D eigenvalue weighted by atomic mass is 9.70. The molecule has 3 aromatic heterocycles. The Hall–Kier alpha value is -3.75. The molecule has 1 fully saturated rings. The number of ether oxygens (including phenoxy) is 1. The van der Waals surface area contributed by atoms with Crippen molar-refractivity contribution < 1.29 is 14.3 Å². The van der Waals surface area contributed by atoms with E-state index in [0.29, 0.717) is 17.3 Å². The number of hydrogen-bond donors (Lipinski definition) is 2. The molecule has 0 unspecified atom stereocenters. The van der Waals surface area contributed by atoms with Crippen molar-refractivity contribution in [1.82, 2.24) is 25.1 Å². The molecule has 154 valence electrons. The SMILES string of the molecule is Cn1cc(-c2cc(Oc3ccc(NC(=O)NC(=O)C4(C)CCC4)nc3)ccn2)cn1. The van der Waals surface area contributed by atoms with Gasteiger partial charge in [0.2, 0.25) is 5.91 Å². The molecule has 1 saturated carbocycles. The Morgan fingerprint density at radius 2 is 1.97 bits per heavy atom. The molecule has 0 radical (unpaired) electrons. The number of amides is 3. The van der Waals surface area contributed by atoms with Crippen LogP contribution in [0, 0.1) is 5.41 Å². The van der Waals surface area contributed by atoms with Gasteiger partial charge in [0.25, 0.3) is 0 Å². The second-order valence-corrected chi connectivity index (χ2v) is 7.58. The van der Waals surface area contributed by atoms with Crippen molar-refractivity contribution in [2.45, 2.75) is 26.2 Å². The fraction of sp³-hybridized carbons (Fsp3) is 0.286. The van der Waals surface area contributed by atoms with Gasteiger partial charge < -0.3 is 4.74 Å². The maximum absolute atomic E-state index is 12.1. The van der Waals surface area contributed by atoms with Crippen LogP contribution in [-0.2, 0) is 11.8 Å². The van der Waals surface area contributed by atoms with Crippen LogP contribution >= 0.6 is 0 Å². The highest BCUT2D eigenvalue weighted by molar-refractivity contribution is 6.02. The maximum atomic E-state index is 12.1. The number of urea groups is 1. The van der Waals surface area contributed by atoms with Gasteiger partial charge >= 0.3 is 6.03 Å². The van der Waals surface area contributed by atoms with E-state index in [0.717, 1.165) is 30.5 Å². The summed E-state index contributed by atoms with van der Waals surface area (Å²) < 4.78 is 7.53. The Bertz CT molecular complexity index is 1070. The monoisotopic (exact) mass is 406 g/mol. The molecule has 0 atom stereocenters. The predicted molar refractivity (Wildman–Crippen MR) is 110 cm³/mol. The van der Waals surface area contributed by atoms with E-state index in [-0.39, 0.29) is 5.91 Å². The Kier molecular flexibility index (Phi) is 5.18. The van der Waals surface area contributed by atoms with Gasteiger partial charge in [0, 0.05) is 36.5 Å². The van der Waals surface area contributed by atoms with E-state index in [1.807, 2.05) is 26.2 Å². The summed E-state index contributed by atoms with van der Waals surface area (Å²) in [6, 6.07) is 6.25. The van der Waals surface area contributed by atoms with E-state index in [9.17, 15) is 9.59 Å². The number of carbonyl (C=O) groups excluding carboxylic acids is 2. The first-order chi connectivity index (χ1) is 14.4. The number of hydrogen-bond acceptors (Lipinski definition) is 6. The number of nitrogens with one attached hydrogen (secondary N) is 2. The minimum atomic E-state index is -0.593. The van der Waals surface area contributed by atoms with Gasteiger partial charge in [-0.1, -0.05) is 13.3 Å². The summed E-state index contributed by atoms with van der Waals surface area (Å²) in [6.07, 6.45) is 9.36. The quantitative estimate of drug-likeness (QED) is 0.671. The highest BCUT2D eigenvalue weighted by atomic mass is 16.5. The third-order valence-corrected chi connectivity index (χ3v) is 5.18. The van der Waals surface area contributed by atoms with Crippen molar-refractivity contribution in [1.29, 1.82) is 0 Å². The molecule has 9 nitrogen and oxygen atoms in total. The van der Waals surface area contributed by atoms with Gasteiger partial charge in [-0.3, -0.25) is 25.1 Å². The highest BCUT2D eigenvalue weighted by Gasteiger charge is 2.39. The predicted octanol–water partition coefficient (Wildman–Crippen LogP) is 3.51. The molecular formula is C21H22N6O3. The number of anilines is 1. The lowest BCUT2D eigenvalue weighted by Gasteiger charge is -2.36.